The Kier molecular flexibility index (Phi) is 7.72. The highest BCUT2D eigenvalue weighted by Crippen LogP contribution is 2.29. The predicted octanol–water partition coefficient (Wildman–Crippen LogP) is 5.40. The van der Waals surface area contributed by atoms with Gasteiger partial charge in [0.1, 0.15) is 0 Å². The number of piperidine rings is 1. The summed E-state index contributed by atoms with van der Waals surface area (Å²) < 4.78 is 0. The molecular formula is C26H35N3O2. The van der Waals surface area contributed by atoms with Crippen molar-refractivity contribution in [2.24, 2.45) is 11.8 Å². The minimum atomic E-state index is -0.120. The van der Waals surface area contributed by atoms with E-state index in [1.165, 1.54) is 0 Å². The summed E-state index contributed by atoms with van der Waals surface area (Å²) in [4.78, 5) is 27.9. The van der Waals surface area contributed by atoms with Gasteiger partial charge in [-0.25, -0.2) is 0 Å². The molecule has 2 N–H and O–H groups in total. The minimum Gasteiger partial charge on any atom is -0.371 e. The molecule has 1 atom stereocenters. The van der Waals surface area contributed by atoms with Gasteiger partial charge in [-0.2, -0.15) is 0 Å². The molecule has 1 aliphatic heterocycles. The predicted molar refractivity (Wildman–Crippen MR) is 127 cm³/mol. The Morgan fingerprint density at radius 2 is 1.71 bits per heavy atom. The molecule has 3 rings (SSSR count). The molecule has 0 unspecified atom stereocenters. The maximum absolute atomic E-state index is 13.3. The first-order valence-electron chi connectivity index (χ1n) is 11.4. The molecule has 1 aliphatic rings. The van der Waals surface area contributed by atoms with Gasteiger partial charge in [-0.3, -0.25) is 9.59 Å². The Labute approximate surface area is 186 Å². The second-order valence-electron chi connectivity index (χ2n) is 9.15. The first kappa shape index (κ1) is 22.9. The number of nitrogens with zero attached hydrogens (tertiary/aromatic N) is 1. The van der Waals surface area contributed by atoms with Crippen molar-refractivity contribution in [1.82, 2.24) is 5.32 Å². The van der Waals surface area contributed by atoms with E-state index in [9.17, 15) is 9.59 Å². The van der Waals surface area contributed by atoms with E-state index in [0.717, 1.165) is 37.2 Å². The second-order valence-corrected chi connectivity index (χ2v) is 9.15. The van der Waals surface area contributed by atoms with Crippen LogP contribution >= 0.6 is 0 Å². The van der Waals surface area contributed by atoms with Crippen molar-refractivity contribution >= 4 is 23.2 Å². The summed E-state index contributed by atoms with van der Waals surface area (Å²) in [7, 11) is 0. The molecule has 0 bridgehead atoms. The number of carbonyl (C=O) groups excluding carboxylic acids is 2. The summed E-state index contributed by atoms with van der Waals surface area (Å²) in [5.41, 5.74) is 3.27. The number of hydrogen-bond donors (Lipinski definition) is 2. The molecule has 2 amide bonds. The van der Waals surface area contributed by atoms with Crippen LogP contribution in [0, 0.1) is 11.8 Å². The van der Waals surface area contributed by atoms with Crippen molar-refractivity contribution in [3.8, 4) is 0 Å². The highest BCUT2D eigenvalue weighted by Gasteiger charge is 2.23. The Morgan fingerprint density at radius 1 is 1.03 bits per heavy atom. The number of rotatable bonds is 7. The molecule has 1 fully saturated rings. The van der Waals surface area contributed by atoms with Crippen LogP contribution < -0.4 is 15.5 Å². The summed E-state index contributed by atoms with van der Waals surface area (Å²) in [5, 5.41) is 6.09. The molecule has 1 heterocycles. The van der Waals surface area contributed by atoms with E-state index in [1.807, 2.05) is 69.3 Å². The summed E-state index contributed by atoms with van der Waals surface area (Å²) in [6.45, 7) is 10.2. The van der Waals surface area contributed by atoms with Crippen molar-refractivity contribution in [3.05, 3.63) is 59.7 Å². The van der Waals surface area contributed by atoms with E-state index in [0.29, 0.717) is 23.6 Å². The minimum absolute atomic E-state index is 0.0291. The monoisotopic (exact) mass is 421 g/mol. The average molecular weight is 422 g/mol. The quantitative estimate of drug-likeness (QED) is 0.629. The summed E-state index contributed by atoms with van der Waals surface area (Å²) in [6, 6.07) is 15.5. The third-order valence-electron chi connectivity index (χ3n) is 5.89. The highest BCUT2D eigenvalue weighted by atomic mass is 16.2. The van der Waals surface area contributed by atoms with Crippen molar-refractivity contribution in [2.75, 3.05) is 23.3 Å². The largest absolute Gasteiger partial charge is 0.371 e. The molecular weight excluding hydrogens is 386 g/mol. The molecule has 0 radical (unpaired) electrons. The lowest BCUT2D eigenvalue weighted by molar-refractivity contribution is -0.116. The van der Waals surface area contributed by atoms with Crippen LogP contribution in [-0.4, -0.2) is 24.9 Å². The van der Waals surface area contributed by atoms with Gasteiger partial charge in [0.25, 0.3) is 5.91 Å². The van der Waals surface area contributed by atoms with Crippen molar-refractivity contribution < 1.29 is 9.59 Å². The molecule has 5 nitrogen and oxygen atoms in total. The van der Waals surface area contributed by atoms with Gasteiger partial charge in [0.05, 0.1) is 11.6 Å². The molecule has 0 aliphatic carbocycles. The zero-order chi connectivity index (χ0) is 22.4. The lowest BCUT2D eigenvalue weighted by Crippen LogP contribution is -2.35. The number of carbonyl (C=O) groups is 2. The molecule has 1 saturated heterocycles. The number of benzene rings is 2. The maximum Gasteiger partial charge on any atom is 0.253 e. The van der Waals surface area contributed by atoms with E-state index in [4.69, 9.17) is 0 Å². The van der Waals surface area contributed by atoms with Crippen LogP contribution in [-0.2, 0) is 4.79 Å². The van der Waals surface area contributed by atoms with Crippen LogP contribution in [0.2, 0.25) is 0 Å². The molecule has 2 aromatic carbocycles. The van der Waals surface area contributed by atoms with Gasteiger partial charge in [0.2, 0.25) is 5.91 Å². The van der Waals surface area contributed by atoms with Crippen LogP contribution in [0.15, 0.2) is 48.5 Å². The summed E-state index contributed by atoms with van der Waals surface area (Å²) in [6.07, 6.45) is 2.70. The fraction of sp³-hybridized carbons (Fsp3) is 0.462. The Bertz CT molecular complexity index is 887. The molecule has 166 valence electrons. The average Bonchev–Trinajstić information content (AvgIpc) is 2.74. The van der Waals surface area contributed by atoms with Crippen LogP contribution in [0.25, 0.3) is 0 Å². The van der Waals surface area contributed by atoms with E-state index in [1.54, 1.807) is 0 Å². The standard InChI is InChI=1S/C26H35N3O2/c1-18(2)16-25(30)28-22-10-11-24(29-14-12-19(3)13-15-29)23(17-22)26(31)27-20(4)21-8-6-5-7-9-21/h5-11,17-20H,12-16H2,1-4H3,(H,27,31)(H,28,30)/t20-/m0/s1. The van der Waals surface area contributed by atoms with Crippen LogP contribution in [0.4, 0.5) is 11.4 Å². The highest BCUT2D eigenvalue weighted by molar-refractivity contribution is 6.02. The molecule has 31 heavy (non-hydrogen) atoms. The van der Waals surface area contributed by atoms with Crippen molar-refractivity contribution in [1.29, 1.82) is 0 Å². The Hall–Kier alpha value is -2.82. The Morgan fingerprint density at radius 3 is 2.35 bits per heavy atom. The molecule has 0 spiro atoms. The van der Waals surface area contributed by atoms with Gasteiger partial charge in [-0.1, -0.05) is 51.1 Å². The van der Waals surface area contributed by atoms with Gasteiger partial charge >= 0.3 is 0 Å². The maximum atomic E-state index is 13.3. The van der Waals surface area contributed by atoms with E-state index in [-0.39, 0.29) is 23.8 Å². The fourth-order valence-electron chi connectivity index (χ4n) is 4.00. The fourth-order valence-corrected chi connectivity index (χ4v) is 4.00. The molecule has 0 saturated carbocycles. The first-order chi connectivity index (χ1) is 14.8. The van der Waals surface area contributed by atoms with Crippen molar-refractivity contribution in [3.63, 3.8) is 0 Å². The Balaban J connectivity index is 1.84. The van der Waals surface area contributed by atoms with Gasteiger partial charge in [-0.15, -0.1) is 0 Å². The number of hydrogen-bond acceptors (Lipinski definition) is 3. The van der Waals surface area contributed by atoms with E-state index in [2.05, 4.69) is 22.5 Å². The lowest BCUT2D eigenvalue weighted by atomic mass is 9.97. The van der Waals surface area contributed by atoms with E-state index < -0.39 is 0 Å². The summed E-state index contributed by atoms with van der Waals surface area (Å²) >= 11 is 0. The SMILES string of the molecule is CC(C)CC(=O)Nc1ccc(N2CCC(C)CC2)c(C(=O)N[C@@H](C)c2ccccc2)c1. The van der Waals surface area contributed by atoms with Crippen molar-refractivity contribution in [2.45, 2.75) is 53.0 Å². The third-order valence-corrected chi connectivity index (χ3v) is 5.89. The van der Waals surface area contributed by atoms with Gasteiger partial charge < -0.3 is 15.5 Å². The van der Waals surface area contributed by atoms with Gasteiger partial charge in [-0.05, 0) is 55.4 Å². The molecule has 5 heteroatoms. The second kappa shape index (κ2) is 10.5. The smallest absolute Gasteiger partial charge is 0.253 e. The zero-order valence-electron chi connectivity index (χ0n) is 19.2. The molecule has 0 aromatic heterocycles. The third kappa shape index (κ3) is 6.33. The van der Waals surface area contributed by atoms with E-state index >= 15 is 0 Å². The van der Waals surface area contributed by atoms with Crippen LogP contribution in [0.3, 0.4) is 0 Å². The van der Waals surface area contributed by atoms with Gasteiger partial charge in [0.15, 0.2) is 0 Å². The first-order valence-corrected chi connectivity index (χ1v) is 11.4. The summed E-state index contributed by atoms with van der Waals surface area (Å²) in [5.74, 6) is 0.842. The number of amides is 2. The normalized spacial score (nSPS) is 15.6. The van der Waals surface area contributed by atoms with Crippen LogP contribution in [0.1, 0.15) is 68.9 Å². The van der Waals surface area contributed by atoms with Gasteiger partial charge in [0, 0.05) is 30.9 Å². The lowest BCUT2D eigenvalue weighted by Gasteiger charge is -2.33. The topological polar surface area (TPSA) is 61.4 Å². The molecule has 2 aromatic rings. The number of nitrogens with one attached hydrogen (secondary N) is 2. The van der Waals surface area contributed by atoms with Crippen LogP contribution in [0.5, 0.6) is 0 Å². The number of anilines is 2. The zero-order valence-corrected chi connectivity index (χ0v) is 19.2.